The van der Waals surface area contributed by atoms with Crippen LogP contribution in [0.25, 0.3) is 11.5 Å². The van der Waals surface area contributed by atoms with Gasteiger partial charge in [-0.2, -0.15) is 0 Å². The standard InChI is InChI=1S/C19H21N3O3S/c1-3-7-16(14-8-5-4-6-9-14)20-17(23)12-26-19-22-21-18(25-19)15-10-11-24-13(15)2/h4-6,8-11,16H,3,7,12H2,1-2H3,(H,20,23). The molecule has 1 N–H and O–H groups in total. The first-order valence-electron chi connectivity index (χ1n) is 8.52. The van der Waals surface area contributed by atoms with Crippen LogP contribution in [0.5, 0.6) is 0 Å². The number of carbonyl (C=O) groups excluding carboxylic acids is 1. The van der Waals surface area contributed by atoms with Crippen molar-refractivity contribution in [1.29, 1.82) is 0 Å². The average Bonchev–Trinajstić information content (AvgIpc) is 3.29. The van der Waals surface area contributed by atoms with E-state index in [9.17, 15) is 4.79 Å². The normalized spacial score (nSPS) is 12.1. The molecule has 0 aliphatic carbocycles. The van der Waals surface area contributed by atoms with Gasteiger partial charge in [-0.3, -0.25) is 4.79 Å². The van der Waals surface area contributed by atoms with Gasteiger partial charge in [0.1, 0.15) is 5.76 Å². The van der Waals surface area contributed by atoms with E-state index in [1.54, 1.807) is 12.3 Å². The molecule has 7 heteroatoms. The maximum Gasteiger partial charge on any atom is 0.277 e. The van der Waals surface area contributed by atoms with Crippen molar-refractivity contribution in [2.45, 2.75) is 38.0 Å². The summed E-state index contributed by atoms with van der Waals surface area (Å²) in [4.78, 5) is 12.3. The zero-order valence-corrected chi connectivity index (χ0v) is 15.6. The van der Waals surface area contributed by atoms with Crippen molar-refractivity contribution in [2.24, 2.45) is 0 Å². The predicted molar refractivity (Wildman–Crippen MR) is 99.7 cm³/mol. The van der Waals surface area contributed by atoms with Gasteiger partial charge in [0.2, 0.25) is 5.91 Å². The topological polar surface area (TPSA) is 81.2 Å². The fraction of sp³-hybridized carbons (Fsp3) is 0.316. The second-order valence-electron chi connectivity index (χ2n) is 5.87. The lowest BCUT2D eigenvalue weighted by Gasteiger charge is -2.18. The Balaban J connectivity index is 1.57. The second kappa shape index (κ2) is 8.71. The highest BCUT2D eigenvalue weighted by molar-refractivity contribution is 7.99. The quantitative estimate of drug-likeness (QED) is 0.592. The Morgan fingerprint density at radius 2 is 2.04 bits per heavy atom. The highest BCUT2D eigenvalue weighted by atomic mass is 32.2. The number of benzene rings is 1. The van der Waals surface area contributed by atoms with Gasteiger partial charge in [0.05, 0.1) is 23.6 Å². The SMILES string of the molecule is CCCC(NC(=O)CSc1nnc(-c2ccoc2C)o1)c1ccccc1. The van der Waals surface area contributed by atoms with E-state index in [-0.39, 0.29) is 17.7 Å². The summed E-state index contributed by atoms with van der Waals surface area (Å²) in [6, 6.07) is 11.8. The number of hydrogen-bond acceptors (Lipinski definition) is 6. The highest BCUT2D eigenvalue weighted by Gasteiger charge is 2.17. The summed E-state index contributed by atoms with van der Waals surface area (Å²) in [7, 11) is 0. The maximum atomic E-state index is 12.3. The van der Waals surface area contributed by atoms with E-state index in [4.69, 9.17) is 8.83 Å². The third-order valence-corrected chi connectivity index (χ3v) is 4.76. The summed E-state index contributed by atoms with van der Waals surface area (Å²) >= 11 is 1.22. The summed E-state index contributed by atoms with van der Waals surface area (Å²) in [6.07, 6.45) is 3.46. The van der Waals surface area contributed by atoms with Gasteiger partial charge < -0.3 is 14.2 Å². The van der Waals surface area contributed by atoms with Crippen LogP contribution in [0.4, 0.5) is 0 Å². The number of amides is 1. The number of furan rings is 1. The van der Waals surface area contributed by atoms with Gasteiger partial charge in [-0.15, -0.1) is 10.2 Å². The molecule has 3 aromatic rings. The van der Waals surface area contributed by atoms with E-state index in [1.807, 2.05) is 37.3 Å². The molecule has 2 aromatic heterocycles. The Labute approximate surface area is 156 Å². The zero-order valence-electron chi connectivity index (χ0n) is 14.8. The van der Waals surface area contributed by atoms with Gasteiger partial charge >= 0.3 is 0 Å². The third-order valence-electron chi connectivity index (χ3n) is 3.94. The number of rotatable bonds is 8. The predicted octanol–water partition coefficient (Wildman–Crippen LogP) is 4.39. The van der Waals surface area contributed by atoms with E-state index in [0.717, 1.165) is 24.0 Å². The number of hydrogen-bond donors (Lipinski definition) is 1. The largest absolute Gasteiger partial charge is 0.469 e. The minimum absolute atomic E-state index is 0.0149. The van der Waals surface area contributed by atoms with Crippen molar-refractivity contribution in [3.05, 3.63) is 54.0 Å². The molecule has 6 nitrogen and oxygen atoms in total. The molecule has 26 heavy (non-hydrogen) atoms. The fourth-order valence-corrected chi connectivity index (χ4v) is 3.22. The summed E-state index contributed by atoms with van der Waals surface area (Å²) in [6.45, 7) is 3.94. The Morgan fingerprint density at radius 1 is 1.23 bits per heavy atom. The maximum absolute atomic E-state index is 12.3. The summed E-state index contributed by atoms with van der Waals surface area (Å²) in [5, 5.41) is 11.4. The summed E-state index contributed by atoms with van der Waals surface area (Å²) < 4.78 is 10.8. The zero-order chi connectivity index (χ0) is 18.4. The van der Waals surface area contributed by atoms with E-state index < -0.39 is 0 Å². The van der Waals surface area contributed by atoms with Crippen LogP contribution >= 0.6 is 11.8 Å². The minimum atomic E-state index is -0.0588. The molecule has 0 aliphatic heterocycles. The van der Waals surface area contributed by atoms with Crippen molar-refractivity contribution in [1.82, 2.24) is 15.5 Å². The molecular weight excluding hydrogens is 350 g/mol. The Bertz CT molecular complexity index is 845. The monoisotopic (exact) mass is 371 g/mol. The van der Waals surface area contributed by atoms with E-state index in [2.05, 4.69) is 22.4 Å². The van der Waals surface area contributed by atoms with Gasteiger partial charge in [-0.05, 0) is 25.0 Å². The van der Waals surface area contributed by atoms with Crippen LogP contribution in [0.15, 0.2) is 56.7 Å². The number of aryl methyl sites for hydroxylation is 1. The van der Waals surface area contributed by atoms with E-state index in [0.29, 0.717) is 16.9 Å². The van der Waals surface area contributed by atoms with Crippen molar-refractivity contribution in [3.63, 3.8) is 0 Å². The first-order valence-corrected chi connectivity index (χ1v) is 9.51. The van der Waals surface area contributed by atoms with Crippen LogP contribution in [0, 0.1) is 6.92 Å². The molecular formula is C19H21N3O3S. The van der Waals surface area contributed by atoms with Gasteiger partial charge in [0.15, 0.2) is 0 Å². The molecule has 0 aliphatic rings. The minimum Gasteiger partial charge on any atom is -0.469 e. The number of nitrogens with one attached hydrogen (secondary N) is 1. The summed E-state index contributed by atoms with van der Waals surface area (Å²) in [5.74, 6) is 1.27. The fourth-order valence-electron chi connectivity index (χ4n) is 2.64. The molecule has 0 bridgehead atoms. The molecule has 0 radical (unpaired) electrons. The van der Waals surface area contributed by atoms with Crippen LogP contribution in [-0.2, 0) is 4.79 Å². The average molecular weight is 371 g/mol. The highest BCUT2D eigenvalue weighted by Crippen LogP contribution is 2.26. The number of aromatic nitrogens is 2. The van der Waals surface area contributed by atoms with Crippen LogP contribution < -0.4 is 5.32 Å². The van der Waals surface area contributed by atoms with E-state index >= 15 is 0 Å². The lowest BCUT2D eigenvalue weighted by Crippen LogP contribution is -2.29. The Hall–Kier alpha value is -2.54. The molecule has 0 saturated heterocycles. The lowest BCUT2D eigenvalue weighted by molar-refractivity contribution is -0.119. The molecule has 0 saturated carbocycles. The van der Waals surface area contributed by atoms with Crippen LogP contribution in [0.3, 0.4) is 0 Å². The Kier molecular flexibility index (Phi) is 6.12. The third kappa shape index (κ3) is 4.54. The van der Waals surface area contributed by atoms with Crippen LogP contribution in [-0.4, -0.2) is 21.9 Å². The van der Waals surface area contributed by atoms with Gasteiger partial charge in [0.25, 0.3) is 11.1 Å². The van der Waals surface area contributed by atoms with Crippen LogP contribution in [0.1, 0.15) is 37.1 Å². The molecule has 0 spiro atoms. The molecule has 1 aromatic carbocycles. The number of carbonyl (C=O) groups is 1. The van der Waals surface area contributed by atoms with E-state index in [1.165, 1.54) is 11.8 Å². The molecule has 1 unspecified atom stereocenters. The molecule has 1 atom stereocenters. The van der Waals surface area contributed by atoms with Gasteiger partial charge in [0, 0.05) is 0 Å². The molecule has 2 heterocycles. The van der Waals surface area contributed by atoms with Crippen molar-refractivity contribution in [3.8, 4) is 11.5 Å². The first-order chi connectivity index (χ1) is 12.7. The smallest absolute Gasteiger partial charge is 0.277 e. The lowest BCUT2D eigenvalue weighted by atomic mass is 10.0. The molecule has 0 fully saturated rings. The Morgan fingerprint density at radius 3 is 2.73 bits per heavy atom. The summed E-state index contributed by atoms with van der Waals surface area (Å²) in [5.41, 5.74) is 1.88. The van der Waals surface area contributed by atoms with Crippen LogP contribution in [0.2, 0.25) is 0 Å². The van der Waals surface area contributed by atoms with Crippen molar-refractivity contribution in [2.75, 3.05) is 5.75 Å². The second-order valence-corrected chi connectivity index (χ2v) is 6.80. The number of nitrogens with zero attached hydrogens (tertiary/aromatic N) is 2. The van der Waals surface area contributed by atoms with Gasteiger partial charge in [-0.25, -0.2) is 0 Å². The molecule has 3 rings (SSSR count). The first kappa shape index (κ1) is 18.3. The molecule has 136 valence electrons. The van der Waals surface area contributed by atoms with Crippen molar-refractivity contribution < 1.29 is 13.6 Å². The molecule has 1 amide bonds. The van der Waals surface area contributed by atoms with Crippen molar-refractivity contribution >= 4 is 17.7 Å². The van der Waals surface area contributed by atoms with Gasteiger partial charge in [-0.1, -0.05) is 55.4 Å². The number of thioether (sulfide) groups is 1.